The van der Waals surface area contributed by atoms with Gasteiger partial charge in [0.25, 0.3) is 0 Å². The summed E-state index contributed by atoms with van der Waals surface area (Å²) in [6.07, 6.45) is 4.53. The van der Waals surface area contributed by atoms with Gasteiger partial charge in [-0.1, -0.05) is 0 Å². The lowest BCUT2D eigenvalue weighted by Crippen LogP contribution is -2.39. The quantitative estimate of drug-likeness (QED) is 0.864. The molecular weight excluding hydrogens is 306 g/mol. The molecule has 1 aromatic heterocycles. The van der Waals surface area contributed by atoms with Crippen LogP contribution in [-0.4, -0.2) is 46.1 Å². The van der Waals surface area contributed by atoms with Gasteiger partial charge in [0, 0.05) is 36.0 Å². The molecule has 110 valence electrons. The van der Waals surface area contributed by atoms with Crippen LogP contribution in [-0.2, 0) is 10.0 Å². The van der Waals surface area contributed by atoms with Gasteiger partial charge in [0.15, 0.2) is 0 Å². The summed E-state index contributed by atoms with van der Waals surface area (Å²) >= 11 is 1.89. The summed E-state index contributed by atoms with van der Waals surface area (Å²) in [6.45, 7) is 0.651. The third kappa shape index (κ3) is 2.20. The van der Waals surface area contributed by atoms with Gasteiger partial charge < -0.3 is 0 Å². The van der Waals surface area contributed by atoms with Gasteiger partial charge >= 0.3 is 0 Å². The molecule has 0 aliphatic carbocycles. The molecule has 1 aromatic carbocycles. The van der Waals surface area contributed by atoms with E-state index in [1.807, 2.05) is 24.0 Å². The summed E-state index contributed by atoms with van der Waals surface area (Å²) in [5.74, 6) is 0.926. The monoisotopic (exact) mass is 321 g/mol. The van der Waals surface area contributed by atoms with Crippen LogP contribution in [0.2, 0.25) is 0 Å². The minimum absolute atomic E-state index is 0.177. The molecule has 21 heavy (non-hydrogen) atoms. The van der Waals surface area contributed by atoms with Crippen molar-refractivity contribution in [1.82, 2.24) is 14.1 Å². The fourth-order valence-corrected chi connectivity index (χ4v) is 6.29. The summed E-state index contributed by atoms with van der Waals surface area (Å²) in [6, 6.07) is 8.95. The maximum atomic E-state index is 12.7. The highest BCUT2D eigenvalue weighted by molar-refractivity contribution is 8.00. The number of sulfonamides is 1. The molecule has 2 aromatic rings. The van der Waals surface area contributed by atoms with Crippen LogP contribution >= 0.6 is 11.8 Å². The third-order valence-corrected chi connectivity index (χ3v) is 7.39. The zero-order valence-corrected chi connectivity index (χ0v) is 12.9. The van der Waals surface area contributed by atoms with Crippen LogP contribution in [0.4, 0.5) is 0 Å². The first-order valence-corrected chi connectivity index (χ1v) is 9.37. The molecule has 0 N–H and O–H groups in total. The molecule has 0 saturated carbocycles. The van der Waals surface area contributed by atoms with Crippen LogP contribution in [0.3, 0.4) is 0 Å². The lowest BCUT2D eigenvalue weighted by Gasteiger charge is -2.25. The molecule has 0 unspecified atom stereocenters. The summed E-state index contributed by atoms with van der Waals surface area (Å²) in [5.41, 5.74) is 0.859. The topological polar surface area (TPSA) is 55.2 Å². The Morgan fingerprint density at radius 3 is 2.62 bits per heavy atom. The molecule has 7 heteroatoms. The van der Waals surface area contributed by atoms with Crippen molar-refractivity contribution in [2.75, 3.05) is 12.3 Å². The van der Waals surface area contributed by atoms with E-state index < -0.39 is 10.0 Å². The summed E-state index contributed by atoms with van der Waals surface area (Å²) in [5, 5.41) is 4.62. The van der Waals surface area contributed by atoms with Crippen molar-refractivity contribution in [3.05, 3.63) is 42.7 Å². The maximum absolute atomic E-state index is 12.7. The highest BCUT2D eigenvalue weighted by Gasteiger charge is 2.44. The van der Waals surface area contributed by atoms with Crippen LogP contribution in [0.1, 0.15) is 6.42 Å². The van der Waals surface area contributed by atoms with E-state index >= 15 is 0 Å². The highest BCUT2D eigenvalue weighted by atomic mass is 32.2. The van der Waals surface area contributed by atoms with Gasteiger partial charge in [-0.15, -0.1) is 0 Å². The number of hydrogen-bond acceptors (Lipinski definition) is 4. The van der Waals surface area contributed by atoms with Crippen molar-refractivity contribution >= 4 is 21.8 Å². The van der Waals surface area contributed by atoms with Gasteiger partial charge in [0.1, 0.15) is 0 Å². The Kier molecular flexibility index (Phi) is 3.09. The average molecular weight is 321 g/mol. The van der Waals surface area contributed by atoms with Crippen molar-refractivity contribution in [2.24, 2.45) is 0 Å². The molecule has 3 heterocycles. The van der Waals surface area contributed by atoms with E-state index in [2.05, 4.69) is 5.10 Å². The predicted octanol–water partition coefficient (Wildman–Crippen LogP) is 1.75. The van der Waals surface area contributed by atoms with Crippen molar-refractivity contribution in [1.29, 1.82) is 0 Å². The number of aromatic nitrogens is 2. The molecule has 0 spiro atoms. The molecule has 2 atom stereocenters. The van der Waals surface area contributed by atoms with Gasteiger partial charge in [0.05, 0.1) is 10.6 Å². The SMILES string of the molecule is O=S(=O)(c1ccc(-n2cccn2)cc1)N1C[C@H]2C[C@H]1CS2. The lowest BCUT2D eigenvalue weighted by molar-refractivity contribution is 0.410. The smallest absolute Gasteiger partial charge is 0.241 e. The Hall–Kier alpha value is -1.31. The van der Waals surface area contributed by atoms with Crippen molar-refractivity contribution < 1.29 is 8.42 Å². The highest BCUT2D eigenvalue weighted by Crippen LogP contribution is 2.40. The van der Waals surface area contributed by atoms with Gasteiger partial charge in [-0.2, -0.15) is 21.2 Å². The zero-order valence-electron chi connectivity index (χ0n) is 11.3. The second-order valence-electron chi connectivity index (χ2n) is 5.36. The Morgan fingerprint density at radius 1 is 1.24 bits per heavy atom. The first-order valence-electron chi connectivity index (χ1n) is 6.88. The lowest BCUT2D eigenvalue weighted by atomic mass is 10.3. The fraction of sp³-hybridized carbons (Fsp3) is 0.357. The number of hydrogen-bond donors (Lipinski definition) is 0. The average Bonchev–Trinajstić information content (AvgIpc) is 3.24. The fourth-order valence-electron chi connectivity index (χ4n) is 2.99. The Morgan fingerprint density at radius 2 is 2.05 bits per heavy atom. The molecule has 0 radical (unpaired) electrons. The molecule has 0 amide bonds. The Balaban J connectivity index is 1.64. The first kappa shape index (κ1) is 13.4. The van der Waals surface area contributed by atoms with Crippen molar-refractivity contribution in [3.63, 3.8) is 0 Å². The van der Waals surface area contributed by atoms with Gasteiger partial charge in [0.2, 0.25) is 10.0 Å². The zero-order chi connectivity index (χ0) is 14.4. The number of thioether (sulfide) groups is 1. The molecule has 2 bridgehead atoms. The standard InChI is InChI=1S/C14H15N3O2S2/c18-21(19,17-9-13-8-12(17)10-20-13)14-4-2-11(3-5-14)16-7-1-6-15-16/h1-7,12-13H,8-10H2/t12-,13+/m0/s1. The summed E-state index contributed by atoms with van der Waals surface area (Å²) in [4.78, 5) is 0.371. The van der Waals surface area contributed by atoms with Crippen molar-refractivity contribution in [2.45, 2.75) is 22.6 Å². The molecule has 2 saturated heterocycles. The Bertz CT molecular complexity index is 741. The van der Waals surface area contributed by atoms with Crippen LogP contribution < -0.4 is 0 Å². The van der Waals surface area contributed by atoms with Crippen LogP contribution in [0.25, 0.3) is 5.69 Å². The number of fused-ring (bicyclic) bond motifs is 2. The van der Waals surface area contributed by atoms with Crippen LogP contribution in [0, 0.1) is 0 Å². The van der Waals surface area contributed by atoms with Crippen molar-refractivity contribution in [3.8, 4) is 5.69 Å². The maximum Gasteiger partial charge on any atom is 0.243 e. The number of rotatable bonds is 3. The molecule has 2 aliphatic heterocycles. The Labute approximate surface area is 128 Å². The second kappa shape index (κ2) is 4.86. The normalized spacial score (nSPS) is 25.5. The van der Waals surface area contributed by atoms with E-state index in [-0.39, 0.29) is 6.04 Å². The molecule has 5 nitrogen and oxygen atoms in total. The minimum Gasteiger partial charge on any atom is -0.241 e. The van der Waals surface area contributed by atoms with E-state index in [9.17, 15) is 8.42 Å². The van der Waals surface area contributed by atoms with E-state index in [1.165, 1.54) is 0 Å². The predicted molar refractivity (Wildman–Crippen MR) is 82.1 cm³/mol. The second-order valence-corrected chi connectivity index (χ2v) is 8.59. The summed E-state index contributed by atoms with van der Waals surface area (Å²) < 4.78 is 28.8. The van der Waals surface area contributed by atoms with Gasteiger partial charge in [-0.3, -0.25) is 0 Å². The van der Waals surface area contributed by atoms with E-state index in [0.29, 0.717) is 16.7 Å². The largest absolute Gasteiger partial charge is 0.243 e. The van der Waals surface area contributed by atoms with E-state index in [4.69, 9.17) is 0 Å². The molecule has 2 aliphatic rings. The van der Waals surface area contributed by atoms with Crippen LogP contribution in [0.15, 0.2) is 47.6 Å². The third-order valence-electron chi connectivity index (χ3n) is 4.06. The number of nitrogens with zero attached hydrogens (tertiary/aromatic N) is 3. The van der Waals surface area contributed by atoms with Crippen LogP contribution in [0.5, 0.6) is 0 Å². The van der Waals surface area contributed by atoms with Gasteiger partial charge in [-0.25, -0.2) is 13.1 Å². The minimum atomic E-state index is -3.36. The molecule has 4 rings (SSSR count). The summed E-state index contributed by atoms with van der Waals surface area (Å²) in [7, 11) is -3.36. The first-order chi connectivity index (χ1) is 10.1. The number of benzene rings is 1. The van der Waals surface area contributed by atoms with E-state index in [1.54, 1.807) is 39.4 Å². The van der Waals surface area contributed by atoms with E-state index in [0.717, 1.165) is 17.9 Å². The molecule has 2 fully saturated rings. The molecular formula is C14H15N3O2S2. The van der Waals surface area contributed by atoms with Gasteiger partial charge in [-0.05, 0) is 36.8 Å².